The molecule has 0 spiro atoms. The summed E-state index contributed by atoms with van der Waals surface area (Å²) >= 11 is 0. The van der Waals surface area contributed by atoms with Crippen LogP contribution in [0.4, 0.5) is 5.69 Å². The van der Waals surface area contributed by atoms with Gasteiger partial charge in [-0.25, -0.2) is 4.79 Å². The van der Waals surface area contributed by atoms with Gasteiger partial charge >= 0.3 is 5.97 Å². The number of carbonyl (C=O) groups is 8. The van der Waals surface area contributed by atoms with E-state index in [1.54, 1.807) is 37.3 Å². The van der Waals surface area contributed by atoms with E-state index in [1.165, 1.54) is 28.7 Å². The molecule has 8 atom stereocenters. The second kappa shape index (κ2) is 20.7. The van der Waals surface area contributed by atoms with Crippen LogP contribution < -0.4 is 26.2 Å². The lowest BCUT2D eigenvalue weighted by Gasteiger charge is -2.40. The summed E-state index contributed by atoms with van der Waals surface area (Å²) in [5, 5.41) is 11.5. The van der Waals surface area contributed by atoms with Crippen LogP contribution in [0.2, 0.25) is 0 Å². The van der Waals surface area contributed by atoms with E-state index in [0.717, 1.165) is 22.4 Å². The van der Waals surface area contributed by atoms with Gasteiger partial charge in [-0.1, -0.05) is 73.7 Å². The van der Waals surface area contributed by atoms with Crippen LogP contribution in [0.3, 0.4) is 0 Å². The van der Waals surface area contributed by atoms with E-state index >= 15 is 4.79 Å². The molecule has 1 unspecified atom stereocenters. The minimum absolute atomic E-state index is 0.0293. The van der Waals surface area contributed by atoms with Crippen molar-refractivity contribution in [1.29, 1.82) is 0 Å². The van der Waals surface area contributed by atoms with Crippen molar-refractivity contribution in [2.24, 2.45) is 0 Å². The Kier molecular flexibility index (Phi) is 14.8. The number of carbonyl (C=O) groups excluding carboxylic acids is 8. The van der Waals surface area contributed by atoms with Crippen LogP contribution >= 0.6 is 0 Å². The van der Waals surface area contributed by atoms with Crippen LogP contribution in [-0.2, 0) is 55.9 Å². The van der Waals surface area contributed by atoms with Crippen LogP contribution in [0.15, 0.2) is 78.9 Å². The van der Waals surface area contributed by atoms with E-state index in [9.17, 15) is 33.6 Å². The van der Waals surface area contributed by atoms with E-state index in [2.05, 4.69) is 21.3 Å². The maximum absolute atomic E-state index is 15.0. The zero-order valence-electron chi connectivity index (χ0n) is 38.2. The van der Waals surface area contributed by atoms with Crippen LogP contribution in [0.25, 0.3) is 0 Å². The minimum atomic E-state index is -1.54. The largest absolute Gasteiger partial charge is 0.458 e. The molecule has 0 radical (unpaired) electrons. The van der Waals surface area contributed by atoms with Gasteiger partial charge < -0.3 is 45.6 Å². The van der Waals surface area contributed by atoms with Gasteiger partial charge in [-0.05, 0) is 67.0 Å². The molecule has 17 heteroatoms. The summed E-state index contributed by atoms with van der Waals surface area (Å²) in [4.78, 5) is 121. The van der Waals surface area contributed by atoms with Crippen LogP contribution in [-0.4, -0.2) is 139 Å². The molecule has 4 aliphatic heterocycles. The van der Waals surface area contributed by atoms with E-state index in [1.807, 2.05) is 67.5 Å². The average molecular weight is 905 g/mol. The summed E-state index contributed by atoms with van der Waals surface area (Å²) in [5.41, 5.74) is 3.64. The number of Topliss-reactive ketones (excluding diaryl/α,β-unsaturated/α-hetero) is 1. The Morgan fingerprint density at radius 3 is 2.21 bits per heavy atom. The molecule has 4 N–H and O–H groups in total. The topological polar surface area (TPSA) is 207 Å². The number of nitrogens with zero attached hydrogens (tertiary/aromatic N) is 4. The first-order valence-electron chi connectivity index (χ1n) is 22.8. The van der Waals surface area contributed by atoms with Crippen molar-refractivity contribution >= 4 is 52.9 Å². The highest BCUT2D eigenvalue weighted by Crippen LogP contribution is 2.28. The van der Waals surface area contributed by atoms with Gasteiger partial charge in [0.15, 0.2) is 6.04 Å². The fourth-order valence-electron chi connectivity index (χ4n) is 9.39. The number of benzene rings is 3. The molecule has 0 saturated carbocycles. The first-order valence-corrected chi connectivity index (χ1v) is 22.8. The number of amides is 6. The number of ether oxygens (including phenoxy) is 1. The van der Waals surface area contributed by atoms with Crippen molar-refractivity contribution < 1.29 is 43.1 Å². The Bertz CT molecular complexity index is 2320. The maximum atomic E-state index is 15.0. The number of hydrogen-bond acceptors (Lipinski definition) is 11. The van der Waals surface area contributed by atoms with Crippen LogP contribution in [0.5, 0.6) is 0 Å². The standard InChI is InChI=1S/C49H60N8O9/c1-6-36-46(62)56-25-12-17-37(56)47(63)55(5)39(27-30-18-20-33(21-19-30)54(3)4)48(64)57-26-23-34(58)28-38(57)43(59)53-41(32-14-8-7-9-15-32)49(65)66-29(2)40(44(60)51-36)52-45(61)42-35-16-11-10-13-31(35)22-24-50-42/h7-11,13-16,18-21,29,36-42,50H,6,12,17,22-28H2,1-5H3,(H,51,60)(H,52,61)(H,53,59)/t29-,36-,37+,38+,39+,40+,41+,42?/m1/s1. The number of piperidine rings is 1. The van der Waals surface area contributed by atoms with Crippen molar-refractivity contribution in [2.45, 2.75) is 107 Å². The second-order valence-electron chi connectivity index (χ2n) is 17.7. The van der Waals surface area contributed by atoms with Crippen molar-refractivity contribution in [3.05, 3.63) is 101 Å². The normalized spacial score (nSPS) is 27.0. The van der Waals surface area contributed by atoms with Crippen molar-refractivity contribution in [3.63, 3.8) is 0 Å². The number of anilines is 1. The third kappa shape index (κ3) is 10.3. The van der Waals surface area contributed by atoms with Gasteiger partial charge in [0, 0.05) is 65.7 Å². The molecule has 6 amide bonds. The minimum Gasteiger partial charge on any atom is -0.458 e. The predicted octanol–water partition coefficient (Wildman–Crippen LogP) is 1.74. The number of hydrogen-bond donors (Lipinski definition) is 4. The molecular formula is C49H60N8O9. The summed E-state index contributed by atoms with van der Waals surface area (Å²) in [6, 6.07) is 14.7. The molecule has 7 rings (SSSR count). The lowest BCUT2D eigenvalue weighted by atomic mass is 9.93. The molecule has 4 heterocycles. The predicted molar refractivity (Wildman–Crippen MR) is 243 cm³/mol. The van der Waals surface area contributed by atoms with Crippen molar-refractivity contribution in [1.82, 2.24) is 36.0 Å². The fourth-order valence-corrected chi connectivity index (χ4v) is 9.39. The van der Waals surface area contributed by atoms with Crippen LogP contribution in [0, 0.1) is 0 Å². The summed E-state index contributed by atoms with van der Waals surface area (Å²) in [5.74, 6) is -5.05. The monoisotopic (exact) mass is 904 g/mol. The SMILES string of the molecule is CC[C@H]1NC(=O)[C@@H](NC(=O)C2NCCc3ccccc32)[C@@H](C)OC(=O)[C@H](c2ccccc2)NC(=O)[C@@H]2CC(=O)CCN2C(=O)[C@H](Cc2ccc(N(C)C)cc2)N(C)C(=O)[C@@H]2CCCN2C1=O. The Morgan fingerprint density at radius 1 is 0.803 bits per heavy atom. The van der Waals surface area contributed by atoms with Gasteiger partial charge in [0.25, 0.3) is 0 Å². The highest BCUT2D eigenvalue weighted by Gasteiger charge is 2.46. The molecule has 3 saturated heterocycles. The lowest BCUT2D eigenvalue weighted by molar-refractivity contribution is -0.157. The molecule has 0 aliphatic carbocycles. The third-order valence-corrected chi connectivity index (χ3v) is 13.2. The molecule has 3 fully saturated rings. The van der Waals surface area contributed by atoms with Gasteiger partial charge in [0.1, 0.15) is 48.1 Å². The molecule has 66 heavy (non-hydrogen) atoms. The van der Waals surface area contributed by atoms with Gasteiger partial charge in [-0.2, -0.15) is 0 Å². The Hall–Kier alpha value is -6.62. The van der Waals surface area contributed by atoms with Crippen LogP contribution in [0.1, 0.15) is 80.3 Å². The molecule has 0 aromatic heterocycles. The number of cyclic esters (lactones) is 1. The van der Waals surface area contributed by atoms with Crippen molar-refractivity contribution in [2.75, 3.05) is 45.7 Å². The Balaban J connectivity index is 1.28. The van der Waals surface area contributed by atoms with E-state index in [0.29, 0.717) is 31.4 Å². The first-order chi connectivity index (χ1) is 31.7. The number of rotatable bonds is 7. The van der Waals surface area contributed by atoms with E-state index in [4.69, 9.17) is 4.74 Å². The van der Waals surface area contributed by atoms with Gasteiger partial charge in [0.05, 0.1) is 0 Å². The number of nitrogens with one attached hydrogen (secondary N) is 4. The smallest absolute Gasteiger partial charge is 0.333 e. The molecule has 17 nitrogen and oxygen atoms in total. The quantitative estimate of drug-likeness (QED) is 0.252. The molecule has 3 aromatic rings. The molecule has 4 aliphatic rings. The number of esters is 1. The summed E-state index contributed by atoms with van der Waals surface area (Å²) in [7, 11) is 5.30. The maximum Gasteiger partial charge on any atom is 0.333 e. The Morgan fingerprint density at radius 2 is 1.50 bits per heavy atom. The van der Waals surface area contributed by atoms with E-state index in [-0.39, 0.29) is 44.6 Å². The number of fused-ring (bicyclic) bond motifs is 3. The third-order valence-electron chi connectivity index (χ3n) is 13.2. The lowest BCUT2D eigenvalue weighted by Crippen LogP contribution is -2.61. The number of likely N-dealkylation sites (N-methyl/N-ethyl adjacent to an activating group) is 1. The zero-order valence-corrected chi connectivity index (χ0v) is 38.2. The second-order valence-corrected chi connectivity index (χ2v) is 17.7. The first kappa shape index (κ1) is 47.3. The molecular weight excluding hydrogens is 845 g/mol. The molecule has 3 aromatic carbocycles. The van der Waals surface area contributed by atoms with Gasteiger partial charge in [0.2, 0.25) is 35.4 Å². The molecule has 350 valence electrons. The highest BCUT2D eigenvalue weighted by atomic mass is 16.5. The molecule has 0 bridgehead atoms. The average Bonchev–Trinajstić information content (AvgIpc) is 3.82. The highest BCUT2D eigenvalue weighted by molar-refractivity contribution is 6.00. The fraction of sp³-hybridized carbons (Fsp3) is 0.469. The zero-order chi connectivity index (χ0) is 47.2. The summed E-state index contributed by atoms with van der Waals surface area (Å²) in [6.07, 6.45) is -0.114. The van der Waals surface area contributed by atoms with E-state index < -0.39 is 89.8 Å². The summed E-state index contributed by atoms with van der Waals surface area (Å²) < 4.78 is 6.00. The number of ketones is 1. The van der Waals surface area contributed by atoms with Gasteiger partial charge in [-0.3, -0.25) is 33.6 Å². The Labute approximate surface area is 384 Å². The summed E-state index contributed by atoms with van der Waals surface area (Å²) in [6.45, 7) is 3.72. The van der Waals surface area contributed by atoms with Crippen molar-refractivity contribution in [3.8, 4) is 0 Å². The van der Waals surface area contributed by atoms with Gasteiger partial charge in [-0.15, -0.1) is 0 Å².